The second-order valence-corrected chi connectivity index (χ2v) is 3.99. The van der Waals surface area contributed by atoms with Gasteiger partial charge in [0.2, 0.25) is 0 Å². The molecule has 1 aromatic rings. The minimum absolute atomic E-state index is 0.141. The van der Waals surface area contributed by atoms with Crippen LogP contribution in [0.5, 0.6) is 5.75 Å². The highest BCUT2D eigenvalue weighted by atomic mass is 19.1. The summed E-state index contributed by atoms with van der Waals surface area (Å²) >= 11 is 0. The smallest absolute Gasteiger partial charge is 0.123 e. The lowest BCUT2D eigenvalue weighted by Gasteiger charge is -2.15. The van der Waals surface area contributed by atoms with Gasteiger partial charge in [-0.05, 0) is 24.6 Å². The van der Waals surface area contributed by atoms with E-state index in [1.807, 2.05) is 0 Å². The van der Waals surface area contributed by atoms with Crippen LogP contribution in [0.2, 0.25) is 0 Å². The van der Waals surface area contributed by atoms with Gasteiger partial charge < -0.3 is 10.5 Å². The number of benzene rings is 1. The van der Waals surface area contributed by atoms with Crippen molar-refractivity contribution in [3.8, 4) is 5.75 Å². The zero-order valence-corrected chi connectivity index (χ0v) is 10.0. The maximum Gasteiger partial charge on any atom is 0.123 e. The first kappa shape index (κ1) is 13.0. The molecular weight excluding hydrogens is 205 g/mol. The summed E-state index contributed by atoms with van der Waals surface area (Å²) in [5.74, 6) is 0.409. The van der Waals surface area contributed by atoms with E-state index in [0.29, 0.717) is 5.75 Å². The van der Waals surface area contributed by atoms with Gasteiger partial charge in [-0.2, -0.15) is 0 Å². The molecule has 0 aliphatic rings. The number of halogens is 1. The highest BCUT2D eigenvalue weighted by molar-refractivity contribution is 5.36. The van der Waals surface area contributed by atoms with E-state index < -0.39 is 0 Å². The average Bonchev–Trinajstić information content (AvgIpc) is 2.29. The molecule has 3 heteroatoms. The number of ether oxygens (including phenoxy) is 1. The lowest BCUT2D eigenvalue weighted by atomic mass is 10.0. The van der Waals surface area contributed by atoms with Crippen LogP contribution in [-0.2, 0) is 0 Å². The lowest BCUT2D eigenvalue weighted by molar-refractivity contribution is 0.401. The van der Waals surface area contributed by atoms with E-state index in [1.54, 1.807) is 13.2 Å². The quantitative estimate of drug-likeness (QED) is 0.753. The van der Waals surface area contributed by atoms with E-state index in [1.165, 1.54) is 12.1 Å². The zero-order chi connectivity index (χ0) is 12.0. The van der Waals surface area contributed by atoms with Gasteiger partial charge in [-0.3, -0.25) is 0 Å². The molecule has 0 unspecified atom stereocenters. The first-order valence-corrected chi connectivity index (χ1v) is 5.78. The summed E-state index contributed by atoms with van der Waals surface area (Å²) in [6.07, 6.45) is 4.25. The Morgan fingerprint density at radius 1 is 1.38 bits per heavy atom. The molecule has 0 aromatic heterocycles. The van der Waals surface area contributed by atoms with Gasteiger partial charge in [0.05, 0.1) is 7.11 Å². The van der Waals surface area contributed by atoms with E-state index >= 15 is 0 Å². The van der Waals surface area contributed by atoms with Gasteiger partial charge in [-0.1, -0.05) is 26.2 Å². The third kappa shape index (κ3) is 3.49. The van der Waals surface area contributed by atoms with Crippen molar-refractivity contribution in [3.05, 3.63) is 29.6 Å². The molecule has 0 aliphatic heterocycles. The predicted octanol–water partition coefficient (Wildman–Crippen LogP) is 3.41. The number of hydrogen-bond acceptors (Lipinski definition) is 2. The third-order valence-electron chi connectivity index (χ3n) is 2.71. The van der Waals surface area contributed by atoms with Crippen molar-refractivity contribution in [1.29, 1.82) is 0 Å². The Kier molecular flexibility index (Phi) is 5.26. The van der Waals surface area contributed by atoms with Crippen molar-refractivity contribution in [3.63, 3.8) is 0 Å². The van der Waals surface area contributed by atoms with Crippen molar-refractivity contribution in [1.82, 2.24) is 0 Å². The van der Waals surface area contributed by atoms with Crippen LogP contribution in [0.3, 0.4) is 0 Å². The monoisotopic (exact) mass is 225 g/mol. The maximum absolute atomic E-state index is 13.1. The van der Waals surface area contributed by atoms with E-state index in [-0.39, 0.29) is 11.9 Å². The fourth-order valence-electron chi connectivity index (χ4n) is 1.76. The summed E-state index contributed by atoms with van der Waals surface area (Å²) in [6, 6.07) is 4.35. The van der Waals surface area contributed by atoms with Crippen LogP contribution in [0, 0.1) is 5.82 Å². The van der Waals surface area contributed by atoms with E-state index in [9.17, 15) is 4.39 Å². The Balaban J connectivity index is 2.72. The molecule has 2 nitrogen and oxygen atoms in total. The first-order valence-electron chi connectivity index (χ1n) is 5.78. The number of methoxy groups -OCH3 is 1. The first-order chi connectivity index (χ1) is 7.69. The molecule has 1 rings (SSSR count). The van der Waals surface area contributed by atoms with E-state index in [4.69, 9.17) is 10.5 Å². The molecular formula is C13H20FNO. The molecule has 1 atom stereocenters. The highest BCUT2D eigenvalue weighted by Gasteiger charge is 2.12. The van der Waals surface area contributed by atoms with E-state index in [2.05, 4.69) is 6.92 Å². The number of hydrogen-bond donors (Lipinski definition) is 1. The molecule has 0 aliphatic carbocycles. The topological polar surface area (TPSA) is 35.2 Å². The number of nitrogens with two attached hydrogens (primary N) is 1. The Bertz CT molecular complexity index is 328. The molecule has 90 valence electrons. The Morgan fingerprint density at radius 2 is 2.12 bits per heavy atom. The standard InChI is InChI=1S/C13H20FNO/c1-3-4-5-6-12(15)11-9-10(14)7-8-13(11)16-2/h7-9,12H,3-6,15H2,1-2H3/t12-/m1/s1. The average molecular weight is 225 g/mol. The lowest BCUT2D eigenvalue weighted by Crippen LogP contribution is -2.11. The molecule has 0 amide bonds. The van der Waals surface area contributed by atoms with Crippen LogP contribution in [0.1, 0.15) is 44.2 Å². The summed E-state index contributed by atoms with van der Waals surface area (Å²) in [6.45, 7) is 2.15. The Labute approximate surface area is 96.6 Å². The Morgan fingerprint density at radius 3 is 2.75 bits per heavy atom. The summed E-state index contributed by atoms with van der Waals surface area (Å²) < 4.78 is 18.3. The van der Waals surface area contributed by atoms with Crippen molar-refractivity contribution >= 4 is 0 Å². The van der Waals surface area contributed by atoms with Gasteiger partial charge >= 0.3 is 0 Å². The maximum atomic E-state index is 13.1. The van der Waals surface area contributed by atoms with Crippen LogP contribution < -0.4 is 10.5 Å². The van der Waals surface area contributed by atoms with Crippen molar-refractivity contribution in [2.24, 2.45) is 5.73 Å². The summed E-state index contributed by atoms with van der Waals surface area (Å²) in [5.41, 5.74) is 6.80. The third-order valence-corrected chi connectivity index (χ3v) is 2.71. The summed E-state index contributed by atoms with van der Waals surface area (Å²) in [5, 5.41) is 0. The highest BCUT2D eigenvalue weighted by Crippen LogP contribution is 2.27. The molecule has 0 fully saturated rings. The molecule has 0 radical (unpaired) electrons. The predicted molar refractivity (Wildman–Crippen MR) is 64.0 cm³/mol. The van der Waals surface area contributed by atoms with Crippen molar-refractivity contribution in [2.45, 2.75) is 38.6 Å². The molecule has 2 N–H and O–H groups in total. The van der Waals surface area contributed by atoms with Gasteiger partial charge in [0, 0.05) is 11.6 Å². The van der Waals surface area contributed by atoms with Gasteiger partial charge in [0.25, 0.3) is 0 Å². The van der Waals surface area contributed by atoms with Gasteiger partial charge in [0.15, 0.2) is 0 Å². The van der Waals surface area contributed by atoms with Crippen LogP contribution in [-0.4, -0.2) is 7.11 Å². The molecule has 0 spiro atoms. The minimum Gasteiger partial charge on any atom is -0.496 e. The number of rotatable bonds is 6. The van der Waals surface area contributed by atoms with Crippen LogP contribution in [0.15, 0.2) is 18.2 Å². The largest absolute Gasteiger partial charge is 0.496 e. The summed E-state index contributed by atoms with van der Waals surface area (Å²) in [4.78, 5) is 0. The Hall–Kier alpha value is -1.09. The normalized spacial score (nSPS) is 12.5. The molecule has 0 saturated carbocycles. The van der Waals surface area contributed by atoms with Crippen LogP contribution in [0.25, 0.3) is 0 Å². The van der Waals surface area contributed by atoms with Crippen molar-refractivity contribution < 1.29 is 9.13 Å². The molecule has 0 heterocycles. The van der Waals surface area contributed by atoms with Crippen LogP contribution >= 0.6 is 0 Å². The fourth-order valence-corrected chi connectivity index (χ4v) is 1.76. The SMILES string of the molecule is CCCCC[C@@H](N)c1cc(F)ccc1OC. The zero-order valence-electron chi connectivity index (χ0n) is 10.0. The molecule has 0 bridgehead atoms. The van der Waals surface area contributed by atoms with Gasteiger partial charge in [-0.25, -0.2) is 4.39 Å². The van der Waals surface area contributed by atoms with Gasteiger partial charge in [0.1, 0.15) is 11.6 Å². The molecule has 0 saturated heterocycles. The molecule has 16 heavy (non-hydrogen) atoms. The second kappa shape index (κ2) is 6.48. The van der Waals surface area contributed by atoms with E-state index in [0.717, 1.165) is 31.2 Å². The fraction of sp³-hybridized carbons (Fsp3) is 0.538. The minimum atomic E-state index is -0.262. The van der Waals surface area contributed by atoms with Crippen molar-refractivity contribution in [2.75, 3.05) is 7.11 Å². The van der Waals surface area contributed by atoms with Gasteiger partial charge in [-0.15, -0.1) is 0 Å². The number of unbranched alkanes of at least 4 members (excludes halogenated alkanes) is 2. The van der Waals surface area contributed by atoms with Crippen LogP contribution in [0.4, 0.5) is 4.39 Å². The molecule has 1 aromatic carbocycles. The summed E-state index contributed by atoms with van der Waals surface area (Å²) in [7, 11) is 1.58. The second-order valence-electron chi connectivity index (χ2n) is 3.99.